The van der Waals surface area contributed by atoms with E-state index in [0.29, 0.717) is 22.6 Å². The average Bonchev–Trinajstić information content (AvgIpc) is 2.42. The minimum atomic E-state index is -0.0882. The van der Waals surface area contributed by atoms with Crippen LogP contribution < -0.4 is 4.74 Å². The van der Waals surface area contributed by atoms with Gasteiger partial charge in [-0.2, -0.15) is 5.26 Å². The second kappa shape index (κ2) is 5.58. The number of carbonyl (C=O) groups excluding carboxylic acids is 1. The summed E-state index contributed by atoms with van der Waals surface area (Å²) in [5.41, 5.74) is 3.00. The van der Waals surface area contributed by atoms with Crippen LogP contribution in [0.4, 0.5) is 0 Å². The van der Waals surface area contributed by atoms with Crippen LogP contribution in [0.15, 0.2) is 36.4 Å². The molecule has 0 heterocycles. The molecule has 100 valence electrons. The normalized spacial score (nSPS) is 9.90. The van der Waals surface area contributed by atoms with Crippen LogP contribution in [0.1, 0.15) is 34.0 Å². The van der Waals surface area contributed by atoms with Gasteiger partial charge < -0.3 is 4.74 Å². The van der Waals surface area contributed by atoms with Gasteiger partial charge in [0, 0.05) is 0 Å². The van der Waals surface area contributed by atoms with Crippen molar-refractivity contribution in [3.8, 4) is 17.6 Å². The number of Topliss-reactive ketones (excluding diaryl/α,β-unsaturated/α-hetero) is 1. The van der Waals surface area contributed by atoms with Crippen molar-refractivity contribution in [2.45, 2.75) is 20.8 Å². The van der Waals surface area contributed by atoms with E-state index in [1.165, 1.54) is 6.92 Å². The van der Waals surface area contributed by atoms with Gasteiger partial charge in [0.05, 0.1) is 17.2 Å². The Morgan fingerprint density at radius 2 is 1.85 bits per heavy atom. The first-order chi connectivity index (χ1) is 9.51. The number of ketones is 1. The third-order valence-electron chi connectivity index (χ3n) is 3.05. The Hall–Kier alpha value is -2.60. The molecular weight excluding hydrogens is 250 g/mol. The molecular formula is C17H15NO2. The molecule has 20 heavy (non-hydrogen) atoms. The summed E-state index contributed by atoms with van der Waals surface area (Å²) in [4.78, 5) is 11.6. The van der Waals surface area contributed by atoms with Gasteiger partial charge in [0.15, 0.2) is 5.78 Å². The van der Waals surface area contributed by atoms with Gasteiger partial charge in [0.25, 0.3) is 0 Å². The molecule has 0 aliphatic rings. The smallest absolute Gasteiger partial charge is 0.163 e. The van der Waals surface area contributed by atoms with Crippen LogP contribution >= 0.6 is 0 Å². The van der Waals surface area contributed by atoms with E-state index < -0.39 is 0 Å². The third-order valence-corrected chi connectivity index (χ3v) is 3.05. The quantitative estimate of drug-likeness (QED) is 0.782. The first kappa shape index (κ1) is 13.8. The van der Waals surface area contributed by atoms with Gasteiger partial charge in [-0.15, -0.1) is 0 Å². The van der Waals surface area contributed by atoms with E-state index in [-0.39, 0.29) is 5.78 Å². The second-order valence-corrected chi connectivity index (χ2v) is 4.75. The summed E-state index contributed by atoms with van der Waals surface area (Å²) in [6, 6.07) is 12.8. The maximum atomic E-state index is 11.6. The van der Waals surface area contributed by atoms with Gasteiger partial charge in [0.1, 0.15) is 11.5 Å². The van der Waals surface area contributed by atoms with Gasteiger partial charge in [0.2, 0.25) is 0 Å². The lowest BCUT2D eigenvalue weighted by Crippen LogP contribution is -1.98. The molecule has 0 radical (unpaired) electrons. The zero-order chi connectivity index (χ0) is 14.7. The van der Waals surface area contributed by atoms with Crippen LogP contribution in [0.2, 0.25) is 0 Å². The minimum absolute atomic E-state index is 0.0882. The summed E-state index contributed by atoms with van der Waals surface area (Å²) in [7, 11) is 0. The molecule has 0 spiro atoms. The number of rotatable bonds is 3. The molecule has 0 unspecified atom stereocenters. The summed E-state index contributed by atoms with van der Waals surface area (Å²) in [6.45, 7) is 5.40. The zero-order valence-corrected chi connectivity index (χ0v) is 11.7. The topological polar surface area (TPSA) is 50.1 Å². The number of hydrogen-bond donors (Lipinski definition) is 0. The number of aryl methyl sites for hydroxylation is 2. The molecule has 0 aromatic heterocycles. The number of benzene rings is 2. The zero-order valence-electron chi connectivity index (χ0n) is 11.7. The third kappa shape index (κ3) is 2.86. The monoisotopic (exact) mass is 265 g/mol. The van der Waals surface area contributed by atoms with Crippen molar-refractivity contribution in [1.29, 1.82) is 5.26 Å². The molecule has 0 aliphatic carbocycles. The van der Waals surface area contributed by atoms with Crippen LogP contribution in [0.3, 0.4) is 0 Å². The number of carbonyl (C=O) groups is 1. The standard InChI is InChI=1S/C17H15NO2/c1-11-4-5-12(2)16(8-11)20-17-9-14(10-18)6-7-15(17)13(3)19/h4-9H,1-3H3. The first-order valence-corrected chi connectivity index (χ1v) is 6.31. The molecule has 2 aromatic rings. The maximum Gasteiger partial charge on any atom is 0.163 e. The lowest BCUT2D eigenvalue weighted by molar-refractivity contribution is 0.101. The molecule has 0 saturated heterocycles. The predicted molar refractivity (Wildman–Crippen MR) is 77.2 cm³/mol. The molecule has 0 saturated carbocycles. The number of hydrogen-bond acceptors (Lipinski definition) is 3. The Morgan fingerprint density at radius 1 is 1.10 bits per heavy atom. The molecule has 3 nitrogen and oxygen atoms in total. The number of nitriles is 1. The van der Waals surface area contributed by atoms with Gasteiger partial charge in [-0.3, -0.25) is 4.79 Å². The number of ether oxygens (including phenoxy) is 1. The minimum Gasteiger partial charge on any atom is -0.456 e. The summed E-state index contributed by atoms with van der Waals surface area (Å²) in [5.74, 6) is 1.03. The highest BCUT2D eigenvalue weighted by molar-refractivity contribution is 5.97. The van der Waals surface area contributed by atoms with Gasteiger partial charge in [-0.25, -0.2) is 0 Å². The Kier molecular flexibility index (Phi) is 3.86. The fraction of sp³-hybridized carbons (Fsp3) is 0.176. The SMILES string of the molecule is CC(=O)c1ccc(C#N)cc1Oc1cc(C)ccc1C. The van der Waals surface area contributed by atoms with Gasteiger partial charge >= 0.3 is 0 Å². The van der Waals surface area contributed by atoms with Crippen molar-refractivity contribution in [2.24, 2.45) is 0 Å². The molecule has 0 aliphatic heterocycles. The highest BCUT2D eigenvalue weighted by atomic mass is 16.5. The van der Waals surface area contributed by atoms with Gasteiger partial charge in [-0.05, 0) is 56.2 Å². The second-order valence-electron chi connectivity index (χ2n) is 4.75. The molecule has 3 heteroatoms. The Balaban J connectivity index is 2.49. The number of nitrogens with zero attached hydrogens (tertiary/aromatic N) is 1. The molecule has 2 rings (SSSR count). The van der Waals surface area contributed by atoms with Crippen molar-refractivity contribution in [2.75, 3.05) is 0 Å². The summed E-state index contributed by atoms with van der Waals surface area (Å²) >= 11 is 0. The Bertz CT molecular complexity index is 711. The molecule has 2 aromatic carbocycles. The largest absolute Gasteiger partial charge is 0.456 e. The highest BCUT2D eigenvalue weighted by Crippen LogP contribution is 2.29. The van der Waals surface area contributed by atoms with Crippen molar-refractivity contribution < 1.29 is 9.53 Å². The van der Waals surface area contributed by atoms with Gasteiger partial charge in [-0.1, -0.05) is 12.1 Å². The summed E-state index contributed by atoms with van der Waals surface area (Å²) < 4.78 is 5.85. The molecule has 0 amide bonds. The molecule has 0 bridgehead atoms. The van der Waals surface area contributed by atoms with Crippen LogP contribution in [-0.4, -0.2) is 5.78 Å². The Labute approximate surface area is 118 Å². The van der Waals surface area contributed by atoms with Crippen LogP contribution in [0, 0.1) is 25.2 Å². The van der Waals surface area contributed by atoms with Crippen LogP contribution in [0.5, 0.6) is 11.5 Å². The Morgan fingerprint density at radius 3 is 2.50 bits per heavy atom. The summed E-state index contributed by atoms with van der Waals surface area (Å²) in [6.07, 6.45) is 0. The van der Waals surface area contributed by atoms with Crippen molar-refractivity contribution >= 4 is 5.78 Å². The molecule has 0 N–H and O–H groups in total. The van der Waals surface area contributed by atoms with E-state index in [0.717, 1.165) is 11.1 Å². The molecule has 0 atom stereocenters. The van der Waals surface area contributed by atoms with E-state index in [2.05, 4.69) is 6.07 Å². The van der Waals surface area contributed by atoms with Crippen molar-refractivity contribution in [1.82, 2.24) is 0 Å². The maximum absolute atomic E-state index is 11.6. The lowest BCUT2D eigenvalue weighted by atomic mass is 10.1. The first-order valence-electron chi connectivity index (χ1n) is 6.31. The van der Waals surface area contributed by atoms with E-state index in [4.69, 9.17) is 10.00 Å². The molecule has 0 fully saturated rings. The van der Waals surface area contributed by atoms with E-state index in [9.17, 15) is 4.79 Å². The van der Waals surface area contributed by atoms with Crippen LogP contribution in [-0.2, 0) is 0 Å². The average molecular weight is 265 g/mol. The van der Waals surface area contributed by atoms with E-state index in [1.807, 2.05) is 32.0 Å². The fourth-order valence-corrected chi connectivity index (χ4v) is 1.90. The fourth-order valence-electron chi connectivity index (χ4n) is 1.90. The predicted octanol–water partition coefficient (Wildman–Crippen LogP) is 4.17. The summed E-state index contributed by atoms with van der Waals surface area (Å²) in [5, 5.41) is 8.97. The van der Waals surface area contributed by atoms with Crippen molar-refractivity contribution in [3.63, 3.8) is 0 Å². The van der Waals surface area contributed by atoms with E-state index >= 15 is 0 Å². The van der Waals surface area contributed by atoms with E-state index in [1.54, 1.807) is 18.2 Å². The van der Waals surface area contributed by atoms with Crippen LogP contribution in [0.25, 0.3) is 0 Å². The van der Waals surface area contributed by atoms with Crippen molar-refractivity contribution in [3.05, 3.63) is 58.7 Å². The highest BCUT2D eigenvalue weighted by Gasteiger charge is 2.12. The lowest BCUT2D eigenvalue weighted by Gasteiger charge is -2.12.